The number of rotatable bonds is 8. The molecule has 33 heavy (non-hydrogen) atoms. The van der Waals surface area contributed by atoms with Crippen LogP contribution in [0.3, 0.4) is 0 Å². The molecule has 2 heterocycles. The number of benzene rings is 1. The van der Waals surface area contributed by atoms with Gasteiger partial charge in [0.15, 0.2) is 11.0 Å². The van der Waals surface area contributed by atoms with E-state index in [1.807, 2.05) is 47.9 Å². The number of furan rings is 1. The SMILES string of the molecule is CC(Sc1nnc(-c2ccc(Cl)cc2)n1Cc1ccco1)C(=O)NC(C)C1CC2CCC1C2. The number of nitrogens with one attached hydrogen (secondary N) is 1. The van der Waals surface area contributed by atoms with Crippen LogP contribution < -0.4 is 5.32 Å². The Morgan fingerprint density at radius 1 is 1.21 bits per heavy atom. The van der Waals surface area contributed by atoms with Gasteiger partial charge in [0.1, 0.15) is 5.76 Å². The Morgan fingerprint density at radius 3 is 2.70 bits per heavy atom. The van der Waals surface area contributed by atoms with Crippen LogP contribution in [0.4, 0.5) is 0 Å². The maximum Gasteiger partial charge on any atom is 0.233 e. The number of thioether (sulfide) groups is 1. The second-order valence-corrected chi connectivity index (χ2v) is 11.1. The summed E-state index contributed by atoms with van der Waals surface area (Å²) < 4.78 is 7.57. The van der Waals surface area contributed by atoms with E-state index in [1.165, 1.54) is 37.4 Å². The van der Waals surface area contributed by atoms with Crippen molar-refractivity contribution in [1.82, 2.24) is 20.1 Å². The van der Waals surface area contributed by atoms with Crippen LogP contribution in [-0.2, 0) is 11.3 Å². The highest BCUT2D eigenvalue weighted by Crippen LogP contribution is 2.49. The van der Waals surface area contributed by atoms with Crippen LogP contribution in [0.5, 0.6) is 0 Å². The molecule has 0 spiro atoms. The van der Waals surface area contributed by atoms with Gasteiger partial charge in [0.25, 0.3) is 0 Å². The van der Waals surface area contributed by atoms with Crippen LogP contribution in [0.1, 0.15) is 45.3 Å². The van der Waals surface area contributed by atoms with Crippen molar-refractivity contribution in [3.8, 4) is 11.4 Å². The van der Waals surface area contributed by atoms with Crippen LogP contribution in [0.15, 0.2) is 52.2 Å². The molecule has 5 atom stereocenters. The van der Waals surface area contributed by atoms with E-state index in [4.69, 9.17) is 16.0 Å². The monoisotopic (exact) mass is 484 g/mol. The van der Waals surface area contributed by atoms with Crippen LogP contribution in [0, 0.1) is 17.8 Å². The number of halogens is 1. The van der Waals surface area contributed by atoms with Crippen molar-refractivity contribution in [2.24, 2.45) is 17.8 Å². The van der Waals surface area contributed by atoms with Crippen molar-refractivity contribution in [3.63, 3.8) is 0 Å². The van der Waals surface area contributed by atoms with Gasteiger partial charge >= 0.3 is 0 Å². The summed E-state index contributed by atoms with van der Waals surface area (Å²) in [6.07, 6.45) is 6.95. The summed E-state index contributed by atoms with van der Waals surface area (Å²) in [4.78, 5) is 13.0. The molecule has 2 aliphatic rings. The van der Waals surface area contributed by atoms with Crippen molar-refractivity contribution in [2.75, 3.05) is 0 Å². The lowest BCUT2D eigenvalue weighted by atomic mass is 9.84. The minimum Gasteiger partial charge on any atom is -0.467 e. The largest absolute Gasteiger partial charge is 0.467 e. The van der Waals surface area contributed by atoms with E-state index in [1.54, 1.807) is 6.26 Å². The Kier molecular flexibility index (Phi) is 6.52. The lowest BCUT2D eigenvalue weighted by Crippen LogP contribution is -2.43. The Bertz CT molecular complexity index is 1100. The van der Waals surface area contributed by atoms with Gasteiger partial charge in [-0.1, -0.05) is 29.8 Å². The van der Waals surface area contributed by atoms with Gasteiger partial charge in [-0.05, 0) is 87.3 Å². The number of carbonyl (C=O) groups is 1. The molecule has 2 bridgehead atoms. The van der Waals surface area contributed by atoms with Crippen molar-refractivity contribution < 1.29 is 9.21 Å². The topological polar surface area (TPSA) is 73.0 Å². The third-order valence-electron chi connectivity index (χ3n) is 7.17. The van der Waals surface area contributed by atoms with Crippen LogP contribution in [-0.4, -0.2) is 32.0 Å². The first-order chi connectivity index (χ1) is 16.0. The van der Waals surface area contributed by atoms with E-state index in [-0.39, 0.29) is 17.2 Å². The average Bonchev–Trinajstić information content (AvgIpc) is 3.61. The van der Waals surface area contributed by atoms with Crippen LogP contribution in [0.2, 0.25) is 5.02 Å². The molecule has 5 rings (SSSR count). The molecule has 6 nitrogen and oxygen atoms in total. The second-order valence-electron chi connectivity index (χ2n) is 9.37. The molecular formula is C25H29ClN4O2S. The van der Waals surface area contributed by atoms with Gasteiger partial charge in [-0.15, -0.1) is 10.2 Å². The van der Waals surface area contributed by atoms with E-state index in [0.29, 0.717) is 28.5 Å². The Hall–Kier alpha value is -2.25. The van der Waals surface area contributed by atoms with Gasteiger partial charge in [0.2, 0.25) is 5.91 Å². The summed E-state index contributed by atoms with van der Waals surface area (Å²) >= 11 is 7.49. The minimum atomic E-state index is -0.288. The predicted molar refractivity (Wildman–Crippen MR) is 130 cm³/mol. The Labute approximate surface area is 203 Å². The number of amides is 1. The third kappa shape index (κ3) is 4.85. The minimum absolute atomic E-state index is 0.0517. The highest BCUT2D eigenvalue weighted by Gasteiger charge is 2.42. The number of hydrogen-bond acceptors (Lipinski definition) is 5. The number of hydrogen-bond donors (Lipinski definition) is 1. The number of nitrogens with zero attached hydrogens (tertiary/aromatic N) is 3. The third-order valence-corrected chi connectivity index (χ3v) is 8.50. The molecule has 2 saturated carbocycles. The fourth-order valence-electron chi connectivity index (χ4n) is 5.46. The average molecular weight is 485 g/mol. The smallest absolute Gasteiger partial charge is 0.233 e. The lowest BCUT2D eigenvalue weighted by Gasteiger charge is -2.29. The predicted octanol–water partition coefficient (Wildman–Crippen LogP) is 5.66. The molecular weight excluding hydrogens is 456 g/mol. The zero-order valence-electron chi connectivity index (χ0n) is 18.9. The first-order valence-corrected chi connectivity index (χ1v) is 12.9. The molecule has 8 heteroatoms. The van der Waals surface area contributed by atoms with Crippen LogP contribution in [0.25, 0.3) is 11.4 Å². The highest BCUT2D eigenvalue weighted by atomic mass is 35.5. The maximum atomic E-state index is 13.0. The molecule has 1 aromatic carbocycles. The number of fused-ring (bicyclic) bond motifs is 2. The molecule has 5 unspecified atom stereocenters. The van der Waals surface area contributed by atoms with Gasteiger partial charge < -0.3 is 9.73 Å². The zero-order chi connectivity index (χ0) is 22.9. The maximum absolute atomic E-state index is 13.0. The number of aromatic nitrogens is 3. The molecule has 2 aliphatic carbocycles. The van der Waals surface area contributed by atoms with E-state index < -0.39 is 0 Å². The van der Waals surface area contributed by atoms with Crippen molar-refractivity contribution >= 4 is 29.3 Å². The molecule has 174 valence electrons. The van der Waals surface area contributed by atoms with Crippen molar-refractivity contribution in [3.05, 3.63) is 53.4 Å². The summed E-state index contributed by atoms with van der Waals surface area (Å²) in [5.41, 5.74) is 0.910. The normalized spacial score (nSPS) is 23.5. The van der Waals surface area contributed by atoms with E-state index in [9.17, 15) is 4.79 Å². The second kappa shape index (κ2) is 9.55. The molecule has 2 aromatic heterocycles. The van der Waals surface area contributed by atoms with Crippen molar-refractivity contribution in [2.45, 2.75) is 62.5 Å². The first kappa shape index (κ1) is 22.5. The fourth-order valence-corrected chi connectivity index (χ4v) is 6.44. The first-order valence-electron chi connectivity index (χ1n) is 11.7. The standard InChI is InChI=1S/C25H29ClN4O2S/c1-15(22-13-17-5-6-19(22)12-17)27-24(31)16(2)33-25-29-28-23(18-7-9-20(26)10-8-18)30(25)14-21-4-3-11-32-21/h3-4,7-11,15-17,19,22H,5-6,12-14H2,1-2H3,(H,27,31). The quantitative estimate of drug-likeness (QED) is 0.417. The molecule has 3 aromatic rings. The summed E-state index contributed by atoms with van der Waals surface area (Å²) in [7, 11) is 0. The molecule has 1 amide bonds. The zero-order valence-corrected chi connectivity index (χ0v) is 20.5. The summed E-state index contributed by atoms with van der Waals surface area (Å²) in [6, 6.07) is 11.5. The summed E-state index contributed by atoms with van der Waals surface area (Å²) in [6.45, 7) is 4.58. The van der Waals surface area contributed by atoms with E-state index >= 15 is 0 Å². The lowest BCUT2D eigenvalue weighted by molar-refractivity contribution is -0.121. The molecule has 0 radical (unpaired) electrons. The number of carbonyl (C=O) groups excluding carboxylic acids is 1. The highest BCUT2D eigenvalue weighted by molar-refractivity contribution is 8.00. The molecule has 2 fully saturated rings. The van der Waals surface area contributed by atoms with Crippen LogP contribution >= 0.6 is 23.4 Å². The van der Waals surface area contributed by atoms with E-state index in [2.05, 4.69) is 22.4 Å². The van der Waals surface area contributed by atoms with Gasteiger partial charge in [0, 0.05) is 16.6 Å². The van der Waals surface area contributed by atoms with Gasteiger partial charge in [-0.25, -0.2) is 0 Å². The van der Waals surface area contributed by atoms with Gasteiger partial charge in [-0.2, -0.15) is 0 Å². The summed E-state index contributed by atoms with van der Waals surface area (Å²) in [5.74, 6) is 3.84. The fraction of sp³-hybridized carbons (Fsp3) is 0.480. The molecule has 1 N–H and O–H groups in total. The molecule has 0 aliphatic heterocycles. The Balaban J connectivity index is 1.31. The van der Waals surface area contributed by atoms with Gasteiger partial charge in [0.05, 0.1) is 18.1 Å². The van der Waals surface area contributed by atoms with E-state index in [0.717, 1.165) is 23.2 Å². The molecule has 0 saturated heterocycles. The Morgan fingerprint density at radius 2 is 2.03 bits per heavy atom. The summed E-state index contributed by atoms with van der Waals surface area (Å²) in [5, 5.41) is 13.2. The van der Waals surface area contributed by atoms with Crippen molar-refractivity contribution in [1.29, 1.82) is 0 Å². The van der Waals surface area contributed by atoms with Gasteiger partial charge in [-0.3, -0.25) is 9.36 Å².